The molecule has 0 saturated heterocycles. The van der Waals surface area contributed by atoms with E-state index < -0.39 is 0 Å². The average Bonchev–Trinajstić information content (AvgIpc) is 3.03. The van der Waals surface area contributed by atoms with E-state index in [1.165, 1.54) is 5.56 Å². The maximum Gasteiger partial charge on any atom is 0.274 e. The van der Waals surface area contributed by atoms with Gasteiger partial charge in [0.2, 0.25) is 0 Å². The van der Waals surface area contributed by atoms with Crippen LogP contribution in [0.3, 0.4) is 0 Å². The summed E-state index contributed by atoms with van der Waals surface area (Å²) < 4.78 is 1.81. The Kier molecular flexibility index (Phi) is 4.98. The van der Waals surface area contributed by atoms with Crippen molar-refractivity contribution in [3.8, 4) is 5.69 Å². The summed E-state index contributed by atoms with van der Waals surface area (Å²) in [4.78, 5) is 14.8. The van der Waals surface area contributed by atoms with Gasteiger partial charge >= 0.3 is 0 Å². The van der Waals surface area contributed by atoms with Crippen LogP contribution in [0, 0.1) is 13.8 Å². The van der Waals surface area contributed by atoms with E-state index in [1.807, 2.05) is 72.0 Å². The minimum absolute atomic E-state index is 0.0384. The Balaban J connectivity index is 1.85. The molecule has 4 heteroatoms. The summed E-state index contributed by atoms with van der Waals surface area (Å²) in [5, 5.41) is 4.54. The fourth-order valence-electron chi connectivity index (χ4n) is 2.89. The normalized spacial score (nSPS) is 10.7. The highest BCUT2D eigenvalue weighted by Gasteiger charge is 2.19. The van der Waals surface area contributed by atoms with Crippen LogP contribution in [0.25, 0.3) is 5.69 Å². The zero-order valence-corrected chi connectivity index (χ0v) is 14.9. The molecule has 4 nitrogen and oxygen atoms in total. The van der Waals surface area contributed by atoms with E-state index in [1.54, 1.807) is 0 Å². The third-order valence-corrected chi connectivity index (χ3v) is 4.40. The molecule has 128 valence electrons. The molecule has 2 aromatic carbocycles. The summed E-state index contributed by atoms with van der Waals surface area (Å²) >= 11 is 0. The number of rotatable bonds is 5. The van der Waals surface area contributed by atoms with Crippen LogP contribution in [-0.4, -0.2) is 27.1 Å². The minimum atomic E-state index is -0.0384. The maximum absolute atomic E-state index is 12.9. The van der Waals surface area contributed by atoms with Gasteiger partial charge in [-0.2, -0.15) is 5.10 Å². The van der Waals surface area contributed by atoms with Crippen molar-refractivity contribution in [1.82, 2.24) is 14.7 Å². The van der Waals surface area contributed by atoms with Gasteiger partial charge in [-0.15, -0.1) is 0 Å². The maximum atomic E-state index is 12.9. The Hall–Kier alpha value is -2.88. The number of hydrogen-bond acceptors (Lipinski definition) is 2. The smallest absolute Gasteiger partial charge is 0.274 e. The fourth-order valence-corrected chi connectivity index (χ4v) is 2.89. The fraction of sp³-hybridized carbons (Fsp3) is 0.238. The van der Waals surface area contributed by atoms with Gasteiger partial charge in [-0.25, -0.2) is 4.68 Å². The summed E-state index contributed by atoms with van der Waals surface area (Å²) in [5.41, 5.74) is 4.75. The number of aromatic nitrogens is 2. The van der Waals surface area contributed by atoms with E-state index in [2.05, 4.69) is 24.2 Å². The van der Waals surface area contributed by atoms with Gasteiger partial charge in [0.25, 0.3) is 5.91 Å². The molecule has 0 spiro atoms. The van der Waals surface area contributed by atoms with Gasteiger partial charge in [-0.1, -0.05) is 42.5 Å². The van der Waals surface area contributed by atoms with E-state index >= 15 is 0 Å². The molecule has 0 aliphatic rings. The van der Waals surface area contributed by atoms with E-state index in [9.17, 15) is 4.79 Å². The van der Waals surface area contributed by atoms with E-state index in [0.717, 1.165) is 16.9 Å². The number of carbonyl (C=O) groups excluding carboxylic acids is 1. The quantitative estimate of drug-likeness (QED) is 0.703. The van der Waals surface area contributed by atoms with Crippen molar-refractivity contribution in [2.45, 2.75) is 27.3 Å². The lowest BCUT2D eigenvalue weighted by molar-refractivity contribution is 0.0746. The molecule has 0 fully saturated rings. The van der Waals surface area contributed by atoms with E-state index in [-0.39, 0.29) is 5.91 Å². The highest BCUT2D eigenvalue weighted by atomic mass is 16.2. The van der Waals surface area contributed by atoms with Gasteiger partial charge in [-0.3, -0.25) is 4.79 Å². The molecule has 0 N–H and O–H groups in total. The van der Waals surface area contributed by atoms with Crippen molar-refractivity contribution < 1.29 is 4.79 Å². The van der Waals surface area contributed by atoms with Crippen molar-refractivity contribution in [2.24, 2.45) is 0 Å². The molecule has 0 radical (unpaired) electrons. The lowest BCUT2D eigenvalue weighted by atomic mass is 10.1. The predicted molar refractivity (Wildman–Crippen MR) is 99.9 cm³/mol. The second-order valence-electron chi connectivity index (χ2n) is 6.16. The highest BCUT2D eigenvalue weighted by Crippen LogP contribution is 2.16. The second kappa shape index (κ2) is 7.34. The molecule has 1 heterocycles. The van der Waals surface area contributed by atoms with Gasteiger partial charge in [0.05, 0.1) is 5.69 Å². The zero-order valence-electron chi connectivity index (χ0n) is 14.9. The molecule has 25 heavy (non-hydrogen) atoms. The topological polar surface area (TPSA) is 38.1 Å². The van der Waals surface area contributed by atoms with Crippen molar-refractivity contribution in [3.63, 3.8) is 0 Å². The van der Waals surface area contributed by atoms with Gasteiger partial charge < -0.3 is 4.90 Å². The van der Waals surface area contributed by atoms with Crippen LogP contribution >= 0.6 is 0 Å². The Labute approximate surface area is 148 Å². The van der Waals surface area contributed by atoms with Gasteiger partial charge in [0.15, 0.2) is 5.69 Å². The summed E-state index contributed by atoms with van der Waals surface area (Å²) in [6, 6.07) is 19.9. The third kappa shape index (κ3) is 3.63. The van der Waals surface area contributed by atoms with Gasteiger partial charge in [-0.05, 0) is 50.1 Å². The van der Waals surface area contributed by atoms with Crippen molar-refractivity contribution in [2.75, 3.05) is 6.54 Å². The average molecular weight is 333 g/mol. The molecule has 0 saturated carbocycles. The second-order valence-corrected chi connectivity index (χ2v) is 6.16. The zero-order chi connectivity index (χ0) is 17.8. The molecule has 3 aromatic rings. The Bertz CT molecular complexity index is 868. The number of benzene rings is 2. The molecule has 0 aliphatic carbocycles. The largest absolute Gasteiger partial charge is 0.333 e. The van der Waals surface area contributed by atoms with Crippen LogP contribution in [0.5, 0.6) is 0 Å². The molecule has 1 aromatic heterocycles. The molecule has 0 unspecified atom stereocenters. The van der Waals surface area contributed by atoms with Crippen LogP contribution in [0.2, 0.25) is 0 Å². The monoisotopic (exact) mass is 333 g/mol. The first-order valence-corrected chi connectivity index (χ1v) is 8.56. The molecule has 0 bridgehead atoms. The van der Waals surface area contributed by atoms with Crippen molar-refractivity contribution >= 4 is 5.91 Å². The molecular weight excluding hydrogens is 310 g/mol. The molecule has 0 aliphatic heterocycles. The first-order chi connectivity index (χ1) is 12.1. The van der Waals surface area contributed by atoms with E-state index in [4.69, 9.17) is 0 Å². The third-order valence-electron chi connectivity index (χ3n) is 4.40. The summed E-state index contributed by atoms with van der Waals surface area (Å²) in [7, 11) is 0. The summed E-state index contributed by atoms with van der Waals surface area (Å²) in [6.45, 7) is 7.28. The minimum Gasteiger partial charge on any atom is -0.333 e. The first kappa shape index (κ1) is 17.0. The first-order valence-electron chi connectivity index (χ1n) is 8.56. The van der Waals surface area contributed by atoms with Gasteiger partial charge in [0, 0.05) is 18.8 Å². The van der Waals surface area contributed by atoms with Crippen molar-refractivity contribution in [3.05, 3.63) is 83.2 Å². The van der Waals surface area contributed by atoms with Crippen molar-refractivity contribution in [1.29, 1.82) is 0 Å². The predicted octanol–water partition coefficient (Wildman–Crippen LogP) is 4.15. The highest BCUT2D eigenvalue weighted by molar-refractivity contribution is 5.92. The Morgan fingerprint density at radius 1 is 1.04 bits per heavy atom. The van der Waals surface area contributed by atoms with Crippen LogP contribution in [0.15, 0.2) is 60.7 Å². The molecule has 3 rings (SSSR count). The number of hydrogen-bond donors (Lipinski definition) is 0. The number of carbonyl (C=O) groups is 1. The Morgan fingerprint density at radius 3 is 2.40 bits per heavy atom. The molecule has 1 amide bonds. The standard InChI is InChI=1S/C21H23N3O/c1-4-23(15-18-11-9-8-10-16(18)2)21(25)20-14-17(3)24(22-20)19-12-6-5-7-13-19/h5-14H,4,15H2,1-3H3. The molecule has 0 atom stereocenters. The SMILES string of the molecule is CCN(Cc1ccccc1C)C(=O)c1cc(C)n(-c2ccccc2)n1. The summed E-state index contributed by atoms with van der Waals surface area (Å²) in [5.74, 6) is -0.0384. The van der Waals surface area contributed by atoms with E-state index in [0.29, 0.717) is 18.8 Å². The number of nitrogens with zero attached hydrogens (tertiary/aromatic N) is 3. The van der Waals surface area contributed by atoms with Crippen LogP contribution in [-0.2, 0) is 6.54 Å². The Morgan fingerprint density at radius 2 is 1.72 bits per heavy atom. The lowest BCUT2D eigenvalue weighted by Gasteiger charge is -2.21. The van der Waals surface area contributed by atoms with Gasteiger partial charge in [0.1, 0.15) is 0 Å². The summed E-state index contributed by atoms with van der Waals surface area (Å²) in [6.07, 6.45) is 0. The molecular formula is C21H23N3O. The lowest BCUT2D eigenvalue weighted by Crippen LogP contribution is -2.31. The number of aryl methyl sites for hydroxylation is 2. The van der Waals surface area contributed by atoms with Crippen LogP contribution < -0.4 is 0 Å². The number of para-hydroxylation sites is 1. The van der Waals surface area contributed by atoms with Crippen LogP contribution in [0.1, 0.15) is 34.2 Å². The number of amides is 1. The van der Waals surface area contributed by atoms with Crippen LogP contribution in [0.4, 0.5) is 0 Å².